The number of likely N-dealkylation sites (N-methyl/N-ethyl adjacent to an activating group) is 1. The Hall–Kier alpha value is -2.97. The lowest BCUT2D eigenvalue weighted by molar-refractivity contribution is -0.119. The van der Waals surface area contributed by atoms with Gasteiger partial charge in [0, 0.05) is 37.1 Å². The first-order chi connectivity index (χ1) is 13.6. The summed E-state index contributed by atoms with van der Waals surface area (Å²) in [7, 11) is 1.79. The second-order valence-electron chi connectivity index (χ2n) is 6.57. The van der Waals surface area contributed by atoms with Crippen LogP contribution >= 0.6 is 11.3 Å². The molecule has 3 heterocycles. The second-order valence-corrected chi connectivity index (χ2v) is 7.65. The van der Waals surface area contributed by atoms with Gasteiger partial charge in [-0.05, 0) is 24.3 Å². The summed E-state index contributed by atoms with van der Waals surface area (Å²) in [5, 5.41) is 3.33. The van der Waals surface area contributed by atoms with Gasteiger partial charge in [0.2, 0.25) is 5.91 Å². The van der Waals surface area contributed by atoms with Crippen molar-refractivity contribution in [2.24, 2.45) is 0 Å². The maximum atomic E-state index is 12.6. The number of carbonyl (C=O) groups excluding carboxylic acids is 2. The summed E-state index contributed by atoms with van der Waals surface area (Å²) < 4.78 is 5.10. The van der Waals surface area contributed by atoms with Crippen LogP contribution in [0.15, 0.2) is 53.1 Å². The highest BCUT2D eigenvalue weighted by molar-refractivity contribution is 7.15. The van der Waals surface area contributed by atoms with Crippen molar-refractivity contribution in [2.75, 3.05) is 30.4 Å². The van der Waals surface area contributed by atoms with Gasteiger partial charge in [0.05, 0.1) is 18.5 Å². The summed E-state index contributed by atoms with van der Waals surface area (Å²) in [4.78, 5) is 34.1. The Balaban J connectivity index is 1.37. The summed E-state index contributed by atoms with van der Waals surface area (Å²) in [5.41, 5.74) is 1.87. The number of anilines is 2. The van der Waals surface area contributed by atoms with Crippen LogP contribution in [0.1, 0.15) is 21.1 Å². The topological polar surface area (TPSA) is 78.7 Å². The SMILES string of the molecule is CN(C(=O)CN1CCc2nc(NC(=O)c3ccco3)sc2C1)c1ccccc1. The van der Waals surface area contributed by atoms with Gasteiger partial charge in [-0.1, -0.05) is 18.2 Å². The van der Waals surface area contributed by atoms with E-state index in [0.29, 0.717) is 18.2 Å². The van der Waals surface area contributed by atoms with Crippen LogP contribution in [0.3, 0.4) is 0 Å². The lowest BCUT2D eigenvalue weighted by Crippen LogP contribution is -2.40. The molecule has 0 bridgehead atoms. The van der Waals surface area contributed by atoms with Crippen molar-refractivity contribution in [2.45, 2.75) is 13.0 Å². The lowest BCUT2D eigenvalue weighted by Gasteiger charge is -2.27. The number of hydrogen-bond acceptors (Lipinski definition) is 6. The first-order valence-electron chi connectivity index (χ1n) is 8.97. The van der Waals surface area contributed by atoms with E-state index in [9.17, 15) is 9.59 Å². The highest BCUT2D eigenvalue weighted by Gasteiger charge is 2.24. The average molecular weight is 396 g/mol. The van der Waals surface area contributed by atoms with Gasteiger partial charge in [-0.15, -0.1) is 11.3 Å². The van der Waals surface area contributed by atoms with Crippen molar-refractivity contribution in [1.29, 1.82) is 0 Å². The molecule has 1 aliphatic rings. The van der Waals surface area contributed by atoms with E-state index in [4.69, 9.17) is 4.42 Å². The van der Waals surface area contributed by atoms with Crippen LogP contribution in [-0.4, -0.2) is 41.8 Å². The third kappa shape index (κ3) is 3.97. The summed E-state index contributed by atoms with van der Waals surface area (Å²) in [6.07, 6.45) is 2.22. The molecule has 0 aliphatic carbocycles. The van der Waals surface area contributed by atoms with Crippen molar-refractivity contribution in [3.05, 3.63) is 65.1 Å². The molecule has 0 unspecified atom stereocenters. The van der Waals surface area contributed by atoms with Crippen LogP contribution in [-0.2, 0) is 17.8 Å². The number of carbonyl (C=O) groups is 2. The molecule has 1 aliphatic heterocycles. The first-order valence-corrected chi connectivity index (χ1v) is 9.79. The molecule has 3 aromatic rings. The summed E-state index contributed by atoms with van der Waals surface area (Å²) in [6, 6.07) is 12.9. The van der Waals surface area contributed by atoms with Crippen LogP contribution in [0.4, 0.5) is 10.8 Å². The van der Waals surface area contributed by atoms with Crippen LogP contribution in [0, 0.1) is 0 Å². The largest absolute Gasteiger partial charge is 0.459 e. The van der Waals surface area contributed by atoms with Gasteiger partial charge < -0.3 is 9.32 Å². The third-order valence-corrected chi connectivity index (χ3v) is 5.65. The van der Waals surface area contributed by atoms with Crippen molar-refractivity contribution in [3.63, 3.8) is 0 Å². The number of amides is 2. The Morgan fingerprint density at radius 2 is 2.07 bits per heavy atom. The van der Waals surface area contributed by atoms with Gasteiger partial charge in [0.15, 0.2) is 10.9 Å². The van der Waals surface area contributed by atoms with Crippen molar-refractivity contribution in [1.82, 2.24) is 9.88 Å². The van der Waals surface area contributed by atoms with Gasteiger partial charge in [-0.2, -0.15) is 0 Å². The minimum absolute atomic E-state index is 0.0468. The quantitative estimate of drug-likeness (QED) is 0.717. The van der Waals surface area contributed by atoms with Crippen molar-refractivity contribution >= 4 is 34.0 Å². The zero-order valence-electron chi connectivity index (χ0n) is 15.4. The number of hydrogen-bond donors (Lipinski definition) is 1. The second kappa shape index (κ2) is 7.95. The fourth-order valence-electron chi connectivity index (χ4n) is 3.10. The molecule has 0 atom stereocenters. The number of nitrogens with one attached hydrogen (secondary N) is 1. The Morgan fingerprint density at radius 1 is 1.25 bits per heavy atom. The first kappa shape index (κ1) is 18.4. The van der Waals surface area contributed by atoms with E-state index >= 15 is 0 Å². The van der Waals surface area contributed by atoms with Gasteiger partial charge in [-0.3, -0.25) is 19.8 Å². The molecule has 1 N–H and O–H groups in total. The van der Waals surface area contributed by atoms with E-state index in [0.717, 1.165) is 29.2 Å². The average Bonchev–Trinajstić information content (AvgIpc) is 3.37. The molecule has 0 spiro atoms. The monoisotopic (exact) mass is 396 g/mol. The van der Waals surface area contributed by atoms with E-state index in [1.54, 1.807) is 24.1 Å². The smallest absolute Gasteiger partial charge is 0.293 e. The molecule has 4 rings (SSSR count). The molecule has 0 fully saturated rings. The zero-order valence-corrected chi connectivity index (χ0v) is 16.2. The maximum Gasteiger partial charge on any atom is 0.293 e. The Labute approximate surface area is 166 Å². The van der Waals surface area contributed by atoms with E-state index < -0.39 is 0 Å². The molecular weight excluding hydrogens is 376 g/mol. The lowest BCUT2D eigenvalue weighted by atomic mass is 10.2. The summed E-state index contributed by atoms with van der Waals surface area (Å²) >= 11 is 1.45. The standard InChI is InChI=1S/C20H20N4O3S/c1-23(14-6-3-2-4-7-14)18(25)13-24-10-9-15-17(12-24)28-20(21-15)22-19(26)16-8-5-11-27-16/h2-8,11H,9-10,12-13H2,1H3,(H,21,22,26). The molecule has 0 saturated heterocycles. The van der Waals surface area contributed by atoms with Gasteiger partial charge in [0.25, 0.3) is 5.91 Å². The zero-order chi connectivity index (χ0) is 19.5. The van der Waals surface area contributed by atoms with E-state index in [1.165, 1.54) is 17.6 Å². The number of fused-ring (bicyclic) bond motifs is 1. The highest BCUT2D eigenvalue weighted by atomic mass is 32.1. The number of rotatable bonds is 5. The minimum atomic E-state index is -0.312. The predicted molar refractivity (Wildman–Crippen MR) is 108 cm³/mol. The van der Waals surface area contributed by atoms with E-state index in [1.807, 2.05) is 30.3 Å². The third-order valence-electron chi connectivity index (χ3n) is 4.65. The fourth-order valence-corrected chi connectivity index (χ4v) is 4.14. The Kier molecular flexibility index (Phi) is 5.23. The Bertz CT molecular complexity index is 969. The molecule has 8 heteroatoms. The summed E-state index contributed by atoms with van der Waals surface area (Å²) in [6.45, 7) is 1.76. The molecule has 28 heavy (non-hydrogen) atoms. The van der Waals surface area contributed by atoms with Crippen molar-refractivity contribution in [3.8, 4) is 0 Å². The van der Waals surface area contributed by atoms with Crippen LogP contribution in [0.25, 0.3) is 0 Å². The molecule has 144 valence electrons. The molecule has 2 amide bonds. The molecule has 0 radical (unpaired) electrons. The van der Waals surface area contributed by atoms with Crippen LogP contribution < -0.4 is 10.2 Å². The predicted octanol–water partition coefficient (Wildman–Crippen LogP) is 3.01. The van der Waals surface area contributed by atoms with E-state index in [2.05, 4.69) is 15.2 Å². The van der Waals surface area contributed by atoms with Gasteiger partial charge >= 0.3 is 0 Å². The Morgan fingerprint density at radius 3 is 2.82 bits per heavy atom. The number of para-hydroxylation sites is 1. The molecule has 2 aromatic heterocycles. The molecule has 0 saturated carbocycles. The van der Waals surface area contributed by atoms with Gasteiger partial charge in [-0.25, -0.2) is 4.98 Å². The number of benzene rings is 1. The maximum absolute atomic E-state index is 12.6. The molecule has 7 nitrogen and oxygen atoms in total. The van der Waals surface area contributed by atoms with Gasteiger partial charge in [0.1, 0.15) is 0 Å². The van der Waals surface area contributed by atoms with Crippen molar-refractivity contribution < 1.29 is 14.0 Å². The minimum Gasteiger partial charge on any atom is -0.459 e. The highest BCUT2D eigenvalue weighted by Crippen LogP contribution is 2.28. The number of thiazole rings is 1. The number of furan rings is 1. The summed E-state index contributed by atoms with van der Waals surface area (Å²) in [5.74, 6) is -0.0116. The van der Waals surface area contributed by atoms with E-state index in [-0.39, 0.29) is 17.6 Å². The molecular formula is C20H20N4O3S. The normalized spacial score (nSPS) is 13.8. The number of nitrogens with zero attached hydrogens (tertiary/aromatic N) is 3. The fraction of sp³-hybridized carbons (Fsp3) is 0.250. The van der Waals surface area contributed by atoms with Crippen LogP contribution in [0.2, 0.25) is 0 Å². The van der Waals surface area contributed by atoms with Crippen LogP contribution in [0.5, 0.6) is 0 Å². The molecule has 1 aromatic carbocycles. The number of aromatic nitrogens is 1.